The molecule has 1 heterocycles. The van der Waals surface area contributed by atoms with Crippen molar-refractivity contribution in [2.75, 3.05) is 37.3 Å². The minimum absolute atomic E-state index is 0.0378. The van der Waals surface area contributed by atoms with Crippen molar-refractivity contribution in [1.29, 1.82) is 0 Å². The first-order valence-electron chi connectivity index (χ1n) is 5.76. The first kappa shape index (κ1) is 14.5. The fourth-order valence-corrected chi connectivity index (χ4v) is 1.76. The van der Waals surface area contributed by atoms with Crippen LogP contribution in [-0.4, -0.2) is 47.5 Å². The summed E-state index contributed by atoms with van der Waals surface area (Å²) in [6.07, 6.45) is 0. The Hall–Kier alpha value is -1.56. The van der Waals surface area contributed by atoms with Crippen LogP contribution in [0.5, 0.6) is 0 Å². The summed E-state index contributed by atoms with van der Waals surface area (Å²) in [5, 5.41) is 0.264. The number of carbonyl (C=O) groups excluding carboxylic acids is 1. The van der Waals surface area contributed by atoms with Crippen LogP contribution in [0.3, 0.4) is 0 Å². The molecule has 0 saturated heterocycles. The molecule has 7 heteroatoms. The molecular formula is C11H18ClN5O. The van der Waals surface area contributed by atoms with Crippen molar-refractivity contribution >= 4 is 29.3 Å². The minimum atomic E-state index is 0.0378. The molecule has 0 radical (unpaired) electrons. The van der Waals surface area contributed by atoms with Crippen LogP contribution >= 0.6 is 11.6 Å². The number of likely N-dealkylation sites (N-methyl/N-ethyl adjacent to an activating group) is 2. The Balaban J connectivity index is 2.75. The highest BCUT2D eigenvalue weighted by atomic mass is 35.5. The van der Waals surface area contributed by atoms with E-state index in [1.807, 2.05) is 13.8 Å². The van der Waals surface area contributed by atoms with Crippen LogP contribution in [0, 0.1) is 0 Å². The molecule has 0 fully saturated rings. The normalized spacial score (nSPS) is 10.2. The molecule has 0 aromatic carbocycles. The van der Waals surface area contributed by atoms with E-state index < -0.39 is 0 Å². The summed E-state index contributed by atoms with van der Waals surface area (Å²) < 4.78 is 0. The van der Waals surface area contributed by atoms with Crippen molar-refractivity contribution in [2.45, 2.75) is 13.8 Å². The number of halogens is 1. The van der Waals surface area contributed by atoms with Gasteiger partial charge in [-0.1, -0.05) is 11.6 Å². The number of nitrogens with two attached hydrogens (primary N) is 1. The fourth-order valence-electron chi connectivity index (χ4n) is 1.58. The lowest BCUT2D eigenvalue weighted by atomic mass is 10.4. The van der Waals surface area contributed by atoms with E-state index in [-0.39, 0.29) is 23.6 Å². The van der Waals surface area contributed by atoms with Gasteiger partial charge in [0.2, 0.25) is 11.9 Å². The summed E-state index contributed by atoms with van der Waals surface area (Å²) in [7, 11) is 1.76. The van der Waals surface area contributed by atoms with Crippen LogP contribution in [0.4, 0.5) is 11.8 Å². The van der Waals surface area contributed by atoms with E-state index in [0.29, 0.717) is 18.9 Å². The minimum Gasteiger partial charge on any atom is -0.368 e. The molecule has 0 aliphatic heterocycles. The highest BCUT2D eigenvalue weighted by Crippen LogP contribution is 2.15. The fraction of sp³-hybridized carbons (Fsp3) is 0.545. The van der Waals surface area contributed by atoms with E-state index >= 15 is 0 Å². The van der Waals surface area contributed by atoms with Gasteiger partial charge in [0, 0.05) is 26.2 Å². The van der Waals surface area contributed by atoms with Crippen LogP contribution in [0.1, 0.15) is 13.8 Å². The predicted octanol–water partition coefficient (Wildman–Crippen LogP) is 1.02. The number of nitrogens with zero attached hydrogens (tertiary/aromatic N) is 4. The molecule has 18 heavy (non-hydrogen) atoms. The second-order valence-electron chi connectivity index (χ2n) is 3.83. The lowest BCUT2D eigenvalue weighted by Gasteiger charge is -2.23. The van der Waals surface area contributed by atoms with Crippen LogP contribution in [0.2, 0.25) is 5.15 Å². The van der Waals surface area contributed by atoms with Gasteiger partial charge in [-0.05, 0) is 13.8 Å². The molecule has 100 valence electrons. The van der Waals surface area contributed by atoms with E-state index in [9.17, 15) is 4.79 Å². The van der Waals surface area contributed by atoms with Gasteiger partial charge < -0.3 is 15.5 Å². The van der Waals surface area contributed by atoms with Crippen molar-refractivity contribution in [1.82, 2.24) is 14.9 Å². The van der Waals surface area contributed by atoms with Crippen LogP contribution in [-0.2, 0) is 4.79 Å². The van der Waals surface area contributed by atoms with Gasteiger partial charge in [0.05, 0.1) is 6.54 Å². The highest BCUT2D eigenvalue weighted by molar-refractivity contribution is 6.29. The Morgan fingerprint density at radius 2 is 2.00 bits per heavy atom. The maximum atomic E-state index is 11.9. The van der Waals surface area contributed by atoms with Gasteiger partial charge in [-0.2, -0.15) is 4.98 Å². The maximum Gasteiger partial charge on any atom is 0.242 e. The zero-order valence-corrected chi connectivity index (χ0v) is 11.6. The highest BCUT2D eigenvalue weighted by Gasteiger charge is 2.14. The molecule has 1 aromatic rings. The van der Waals surface area contributed by atoms with Gasteiger partial charge in [0.25, 0.3) is 0 Å². The van der Waals surface area contributed by atoms with Gasteiger partial charge in [-0.3, -0.25) is 4.79 Å². The molecule has 2 N–H and O–H groups in total. The first-order chi connectivity index (χ1) is 8.47. The lowest BCUT2D eigenvalue weighted by molar-refractivity contribution is -0.129. The van der Waals surface area contributed by atoms with Gasteiger partial charge in [0.15, 0.2) is 0 Å². The summed E-state index contributed by atoms with van der Waals surface area (Å²) in [6, 6.07) is 1.58. The largest absolute Gasteiger partial charge is 0.368 e. The Kier molecular flexibility index (Phi) is 5.15. The average molecular weight is 272 g/mol. The molecule has 0 bridgehead atoms. The monoisotopic (exact) mass is 271 g/mol. The lowest BCUT2D eigenvalue weighted by Crippen LogP contribution is -2.39. The van der Waals surface area contributed by atoms with E-state index in [4.69, 9.17) is 17.3 Å². The predicted molar refractivity (Wildman–Crippen MR) is 72.7 cm³/mol. The SMILES string of the molecule is CCN(CC)C(=O)CN(C)c1cc(Cl)nc(N)n1. The molecule has 0 saturated carbocycles. The maximum absolute atomic E-state index is 11.9. The zero-order valence-electron chi connectivity index (χ0n) is 10.9. The number of aromatic nitrogens is 2. The van der Waals surface area contributed by atoms with Crippen molar-refractivity contribution < 1.29 is 4.79 Å². The molecular weight excluding hydrogens is 254 g/mol. The summed E-state index contributed by atoms with van der Waals surface area (Å²) in [5.74, 6) is 0.670. The van der Waals surface area contributed by atoms with Gasteiger partial charge in [-0.25, -0.2) is 4.98 Å². The molecule has 0 aliphatic rings. The smallest absolute Gasteiger partial charge is 0.242 e. The summed E-state index contributed by atoms with van der Waals surface area (Å²) in [5.41, 5.74) is 5.51. The van der Waals surface area contributed by atoms with Gasteiger partial charge >= 0.3 is 0 Å². The quantitative estimate of drug-likeness (QED) is 0.809. The standard InChI is InChI=1S/C11H18ClN5O/c1-4-17(5-2)10(18)7-16(3)9-6-8(12)14-11(13)15-9/h6H,4-5,7H2,1-3H3,(H2,13,14,15). The third kappa shape index (κ3) is 3.73. The summed E-state index contributed by atoms with van der Waals surface area (Å²) in [4.78, 5) is 23.2. The average Bonchev–Trinajstić information content (AvgIpc) is 2.29. The molecule has 0 unspecified atom stereocenters. The topological polar surface area (TPSA) is 75.4 Å². The summed E-state index contributed by atoms with van der Waals surface area (Å²) >= 11 is 5.79. The van der Waals surface area contributed by atoms with Crippen molar-refractivity contribution in [2.24, 2.45) is 0 Å². The van der Waals surface area contributed by atoms with E-state index in [1.54, 1.807) is 22.9 Å². The number of anilines is 2. The summed E-state index contributed by atoms with van der Waals surface area (Å²) in [6.45, 7) is 5.50. The Morgan fingerprint density at radius 3 is 2.50 bits per heavy atom. The third-order valence-electron chi connectivity index (χ3n) is 2.58. The Morgan fingerprint density at radius 1 is 1.39 bits per heavy atom. The third-order valence-corrected chi connectivity index (χ3v) is 2.77. The Bertz CT molecular complexity index is 402. The van der Waals surface area contributed by atoms with Crippen molar-refractivity contribution in [3.8, 4) is 0 Å². The van der Waals surface area contributed by atoms with Crippen LogP contribution in [0.15, 0.2) is 6.07 Å². The van der Waals surface area contributed by atoms with Crippen molar-refractivity contribution in [3.05, 3.63) is 11.2 Å². The molecule has 0 spiro atoms. The number of hydrogen-bond acceptors (Lipinski definition) is 5. The van der Waals surface area contributed by atoms with E-state index in [2.05, 4.69) is 9.97 Å². The molecule has 0 aliphatic carbocycles. The molecule has 6 nitrogen and oxygen atoms in total. The van der Waals surface area contributed by atoms with Crippen LogP contribution < -0.4 is 10.6 Å². The Labute approximate surface area is 112 Å². The molecule has 1 aromatic heterocycles. The molecule has 1 amide bonds. The number of nitrogen functional groups attached to an aromatic ring is 1. The second kappa shape index (κ2) is 6.39. The van der Waals surface area contributed by atoms with E-state index in [0.717, 1.165) is 0 Å². The molecule has 0 atom stereocenters. The zero-order chi connectivity index (χ0) is 13.7. The van der Waals surface area contributed by atoms with Crippen molar-refractivity contribution in [3.63, 3.8) is 0 Å². The van der Waals surface area contributed by atoms with E-state index in [1.165, 1.54) is 0 Å². The van der Waals surface area contributed by atoms with Gasteiger partial charge in [0.1, 0.15) is 11.0 Å². The number of carbonyl (C=O) groups is 1. The number of rotatable bonds is 5. The first-order valence-corrected chi connectivity index (χ1v) is 6.14. The second-order valence-corrected chi connectivity index (χ2v) is 4.22. The molecule has 1 rings (SSSR count). The number of amides is 1. The number of hydrogen-bond donors (Lipinski definition) is 1. The van der Waals surface area contributed by atoms with Gasteiger partial charge in [-0.15, -0.1) is 0 Å². The van der Waals surface area contributed by atoms with Crippen LogP contribution in [0.25, 0.3) is 0 Å².